The first kappa shape index (κ1) is 26.8. The summed E-state index contributed by atoms with van der Waals surface area (Å²) in [5, 5.41) is 17.9. The molecule has 0 atom stereocenters. The highest BCUT2D eigenvalue weighted by Crippen LogP contribution is 2.29. The van der Waals surface area contributed by atoms with Gasteiger partial charge in [-0.05, 0) is 48.9 Å². The van der Waals surface area contributed by atoms with Gasteiger partial charge in [0.05, 0.1) is 12.9 Å². The Morgan fingerprint density at radius 1 is 1.08 bits per heavy atom. The normalized spacial score (nSPS) is 17.7. The van der Waals surface area contributed by atoms with Gasteiger partial charge in [0.25, 0.3) is 5.91 Å². The third kappa shape index (κ3) is 6.79. The standard InChI is InChI=1S/C26H33N7O3S2/c1-19-14-22(33-9-6-27-18-33)3-2-21(19)17-37-26-29-28-24(38-26)25(36)32-7-4-20(5-8-32)15-30-10-12-31(13-11-30)16-23(34)35/h2-3,6,9,14,18,20H,4-5,7-8,10-13,15-17H2,1H3,(H,34,35). The molecule has 12 heteroatoms. The number of likely N-dealkylation sites (tertiary alicyclic amines) is 1. The van der Waals surface area contributed by atoms with Crippen molar-refractivity contribution in [2.24, 2.45) is 5.92 Å². The van der Waals surface area contributed by atoms with E-state index in [9.17, 15) is 9.59 Å². The Hall–Kier alpha value is -2.80. The van der Waals surface area contributed by atoms with Crippen LogP contribution in [-0.2, 0) is 10.5 Å². The Bertz CT molecular complexity index is 1230. The molecule has 1 N–H and O–H groups in total. The molecule has 2 aliphatic heterocycles. The molecule has 202 valence electrons. The number of carboxylic acids is 1. The molecule has 2 aliphatic rings. The molecule has 1 amide bonds. The molecule has 0 saturated carbocycles. The Morgan fingerprint density at radius 3 is 2.53 bits per heavy atom. The van der Waals surface area contributed by atoms with Crippen molar-refractivity contribution in [3.05, 3.63) is 53.1 Å². The van der Waals surface area contributed by atoms with Gasteiger partial charge >= 0.3 is 5.97 Å². The lowest BCUT2D eigenvalue weighted by Gasteiger charge is -2.38. The number of piperazine rings is 1. The topological polar surface area (TPSA) is 108 Å². The zero-order chi connectivity index (χ0) is 26.5. The van der Waals surface area contributed by atoms with E-state index < -0.39 is 5.97 Å². The molecule has 0 spiro atoms. The molecule has 0 unspecified atom stereocenters. The van der Waals surface area contributed by atoms with Crippen LogP contribution in [0.25, 0.3) is 5.69 Å². The summed E-state index contributed by atoms with van der Waals surface area (Å²) in [5.41, 5.74) is 3.52. The highest BCUT2D eigenvalue weighted by molar-refractivity contribution is 8.00. The van der Waals surface area contributed by atoms with Crippen molar-refractivity contribution < 1.29 is 14.7 Å². The number of carboxylic acid groups (broad SMARTS) is 1. The second kappa shape index (κ2) is 12.4. The van der Waals surface area contributed by atoms with E-state index in [1.54, 1.807) is 24.3 Å². The quantitative estimate of drug-likeness (QED) is 0.399. The Labute approximate surface area is 230 Å². The number of aromatic nitrogens is 4. The fourth-order valence-corrected chi connectivity index (χ4v) is 6.94. The van der Waals surface area contributed by atoms with Crippen LogP contribution in [0, 0.1) is 12.8 Å². The van der Waals surface area contributed by atoms with Crippen molar-refractivity contribution in [3.63, 3.8) is 0 Å². The third-order valence-corrected chi connectivity index (χ3v) is 9.40. The van der Waals surface area contributed by atoms with Gasteiger partial charge in [-0.25, -0.2) is 4.98 Å². The highest BCUT2D eigenvalue weighted by atomic mass is 32.2. The lowest BCUT2D eigenvalue weighted by Crippen LogP contribution is -2.50. The van der Waals surface area contributed by atoms with Crippen LogP contribution in [0.15, 0.2) is 41.3 Å². The van der Waals surface area contributed by atoms with Gasteiger partial charge in [-0.3, -0.25) is 14.5 Å². The molecule has 10 nitrogen and oxygen atoms in total. The van der Waals surface area contributed by atoms with Crippen molar-refractivity contribution in [3.8, 4) is 5.69 Å². The summed E-state index contributed by atoms with van der Waals surface area (Å²) >= 11 is 2.99. The fourth-order valence-electron chi connectivity index (χ4n) is 5.05. The fraction of sp³-hybridized carbons (Fsp3) is 0.500. The minimum Gasteiger partial charge on any atom is -0.480 e. The SMILES string of the molecule is Cc1cc(-n2ccnc2)ccc1CSc1nnc(C(=O)N2CCC(CN3CCN(CC(=O)O)CC3)CC2)s1. The molecule has 2 fully saturated rings. The number of thioether (sulfide) groups is 1. The largest absolute Gasteiger partial charge is 0.480 e. The van der Waals surface area contributed by atoms with E-state index in [1.807, 2.05) is 20.6 Å². The summed E-state index contributed by atoms with van der Waals surface area (Å²) in [4.78, 5) is 34.4. The highest BCUT2D eigenvalue weighted by Gasteiger charge is 2.28. The number of rotatable bonds is 9. The van der Waals surface area contributed by atoms with Crippen LogP contribution in [0.5, 0.6) is 0 Å². The molecule has 2 aromatic heterocycles. The van der Waals surface area contributed by atoms with Crippen molar-refractivity contribution >= 4 is 35.0 Å². The minimum atomic E-state index is -0.761. The summed E-state index contributed by atoms with van der Waals surface area (Å²) in [7, 11) is 0. The van der Waals surface area contributed by atoms with Gasteiger partial charge in [0.2, 0.25) is 5.01 Å². The van der Waals surface area contributed by atoms with Crippen LogP contribution in [0.3, 0.4) is 0 Å². The number of hydrogen-bond donors (Lipinski definition) is 1. The third-order valence-electron chi connectivity index (χ3n) is 7.31. The second-order valence-corrected chi connectivity index (χ2v) is 12.1. The summed E-state index contributed by atoms with van der Waals surface area (Å²) in [6.07, 6.45) is 7.45. The molecule has 38 heavy (non-hydrogen) atoms. The van der Waals surface area contributed by atoms with Gasteiger partial charge in [-0.15, -0.1) is 10.2 Å². The maximum absolute atomic E-state index is 13.1. The first-order chi connectivity index (χ1) is 18.4. The van der Waals surface area contributed by atoms with Crippen LogP contribution in [0.4, 0.5) is 0 Å². The van der Waals surface area contributed by atoms with E-state index in [-0.39, 0.29) is 12.5 Å². The average molecular weight is 556 g/mol. The minimum absolute atomic E-state index is 0.0176. The van der Waals surface area contributed by atoms with Crippen LogP contribution >= 0.6 is 23.1 Å². The van der Waals surface area contributed by atoms with Gasteiger partial charge in [0.1, 0.15) is 0 Å². The number of piperidine rings is 1. The summed E-state index contributed by atoms with van der Waals surface area (Å²) in [6.45, 7) is 8.16. The van der Waals surface area contributed by atoms with E-state index in [2.05, 4.69) is 45.2 Å². The molecule has 1 aromatic carbocycles. The summed E-state index contributed by atoms with van der Waals surface area (Å²) < 4.78 is 2.80. The van der Waals surface area contributed by atoms with E-state index in [0.29, 0.717) is 10.9 Å². The first-order valence-electron chi connectivity index (χ1n) is 12.9. The number of amides is 1. The maximum Gasteiger partial charge on any atom is 0.317 e. The predicted octanol–water partition coefficient (Wildman–Crippen LogP) is 2.88. The Balaban J connectivity index is 1.06. The van der Waals surface area contributed by atoms with Crippen molar-refractivity contribution in [1.29, 1.82) is 0 Å². The predicted molar refractivity (Wildman–Crippen MR) is 147 cm³/mol. The number of aliphatic carboxylic acids is 1. The van der Waals surface area contributed by atoms with Crippen LogP contribution in [0.1, 0.15) is 33.8 Å². The molecule has 3 aromatic rings. The van der Waals surface area contributed by atoms with Crippen LogP contribution in [0.2, 0.25) is 0 Å². The van der Waals surface area contributed by atoms with Crippen LogP contribution in [-0.4, -0.2) is 104 Å². The Kier molecular flexibility index (Phi) is 8.72. The monoisotopic (exact) mass is 555 g/mol. The number of imidazole rings is 1. The van der Waals surface area contributed by atoms with Crippen LogP contribution < -0.4 is 0 Å². The van der Waals surface area contributed by atoms with Gasteiger partial charge in [0, 0.05) is 69.6 Å². The van der Waals surface area contributed by atoms with E-state index >= 15 is 0 Å². The van der Waals surface area contributed by atoms with Crippen molar-refractivity contribution in [2.75, 3.05) is 52.4 Å². The second-order valence-electron chi connectivity index (χ2n) is 9.95. The van der Waals surface area contributed by atoms with Gasteiger partial charge < -0.3 is 19.5 Å². The number of nitrogens with zero attached hydrogens (tertiary/aromatic N) is 7. The summed E-state index contributed by atoms with van der Waals surface area (Å²) in [5.74, 6) is 0.558. The Morgan fingerprint density at radius 2 is 1.84 bits per heavy atom. The zero-order valence-electron chi connectivity index (χ0n) is 21.5. The summed E-state index contributed by atoms with van der Waals surface area (Å²) in [6, 6.07) is 6.36. The molecular weight excluding hydrogens is 522 g/mol. The first-order valence-corrected chi connectivity index (χ1v) is 14.7. The van der Waals surface area contributed by atoms with Gasteiger partial charge in [-0.1, -0.05) is 29.2 Å². The number of carbonyl (C=O) groups is 2. The molecule has 0 bridgehead atoms. The maximum atomic E-state index is 13.1. The number of carbonyl (C=O) groups excluding carboxylic acids is 1. The van der Waals surface area contributed by atoms with E-state index in [4.69, 9.17) is 5.11 Å². The lowest BCUT2D eigenvalue weighted by molar-refractivity contribution is -0.138. The van der Waals surface area contributed by atoms with Crippen molar-refractivity contribution in [1.82, 2.24) is 34.4 Å². The molecule has 2 saturated heterocycles. The van der Waals surface area contributed by atoms with E-state index in [0.717, 1.165) is 74.4 Å². The number of hydrogen-bond acceptors (Lipinski definition) is 9. The molecule has 5 rings (SSSR count). The molecule has 0 aliphatic carbocycles. The number of benzene rings is 1. The molecular formula is C26H33N7O3S2. The smallest absolute Gasteiger partial charge is 0.317 e. The lowest BCUT2D eigenvalue weighted by atomic mass is 9.96. The van der Waals surface area contributed by atoms with E-state index in [1.165, 1.54) is 22.5 Å². The zero-order valence-corrected chi connectivity index (χ0v) is 23.2. The van der Waals surface area contributed by atoms with Crippen molar-refractivity contribution in [2.45, 2.75) is 29.9 Å². The molecule has 0 radical (unpaired) electrons. The average Bonchev–Trinajstić information content (AvgIpc) is 3.62. The van der Waals surface area contributed by atoms with Gasteiger partial charge in [0.15, 0.2) is 4.34 Å². The van der Waals surface area contributed by atoms with Gasteiger partial charge in [-0.2, -0.15) is 0 Å². The molecule has 4 heterocycles. The number of aryl methyl sites for hydroxylation is 1.